The Bertz CT molecular complexity index is 771. The van der Waals surface area contributed by atoms with E-state index in [1.165, 1.54) is 0 Å². The maximum Gasteiger partial charge on any atom is 0.408 e. The number of hydrogen-bond donors (Lipinski definition) is 1. The van der Waals surface area contributed by atoms with E-state index in [-0.39, 0.29) is 12.6 Å². The topological polar surface area (TPSA) is 64.6 Å². The molecule has 2 aromatic rings. The third kappa shape index (κ3) is 7.31. The number of alkyl carbamates (subject to hydrolysis) is 1. The van der Waals surface area contributed by atoms with Gasteiger partial charge in [0.15, 0.2) is 6.29 Å². The van der Waals surface area contributed by atoms with Crippen LogP contribution in [0.4, 0.5) is 4.79 Å². The van der Waals surface area contributed by atoms with Crippen molar-refractivity contribution in [2.24, 2.45) is 0 Å². The van der Waals surface area contributed by atoms with Gasteiger partial charge in [-0.15, -0.1) is 0 Å². The Morgan fingerprint density at radius 1 is 1.19 bits per heavy atom. The number of aldehydes is 1. The predicted molar refractivity (Wildman–Crippen MR) is 106 cm³/mol. The Morgan fingerprint density at radius 3 is 2.48 bits per heavy atom. The Balaban J connectivity index is 2.05. The molecule has 0 heterocycles. The molecule has 144 valence electrons. The van der Waals surface area contributed by atoms with Crippen LogP contribution >= 0.6 is 11.6 Å². The van der Waals surface area contributed by atoms with Crippen LogP contribution in [0.5, 0.6) is 5.75 Å². The summed E-state index contributed by atoms with van der Waals surface area (Å²) < 4.78 is 11.1. The number of hydrogen-bond acceptors (Lipinski definition) is 4. The third-order valence-electron chi connectivity index (χ3n) is 3.60. The van der Waals surface area contributed by atoms with Crippen molar-refractivity contribution in [3.8, 4) is 5.75 Å². The molecule has 0 aliphatic heterocycles. The number of rotatable bonds is 7. The van der Waals surface area contributed by atoms with Crippen molar-refractivity contribution in [1.29, 1.82) is 0 Å². The standard InChI is InChI=1S/C21H24ClNO4/c1-21(2,3)27-20(25)23-17(11-15-7-5-4-6-8-15)14-26-18-10-9-16(13-24)19(22)12-18/h4-10,12-13,17H,11,14H2,1-3H3,(H,23,25)/t17-/m0/s1. The average molecular weight is 390 g/mol. The Morgan fingerprint density at radius 2 is 1.89 bits per heavy atom. The van der Waals surface area contributed by atoms with Gasteiger partial charge in [-0.3, -0.25) is 4.79 Å². The first-order valence-electron chi connectivity index (χ1n) is 8.68. The maximum absolute atomic E-state index is 12.2. The van der Waals surface area contributed by atoms with Crippen LogP contribution in [0.1, 0.15) is 36.7 Å². The molecule has 0 aliphatic rings. The summed E-state index contributed by atoms with van der Waals surface area (Å²) >= 11 is 6.03. The van der Waals surface area contributed by atoms with Crippen LogP contribution in [0.25, 0.3) is 0 Å². The zero-order chi connectivity index (χ0) is 19.9. The van der Waals surface area contributed by atoms with Crippen molar-refractivity contribution in [1.82, 2.24) is 5.32 Å². The molecule has 1 N–H and O–H groups in total. The number of benzene rings is 2. The van der Waals surface area contributed by atoms with Gasteiger partial charge in [0, 0.05) is 5.56 Å². The Labute approximate surface area is 164 Å². The van der Waals surface area contributed by atoms with E-state index in [0.29, 0.717) is 29.0 Å². The molecule has 2 rings (SSSR count). The van der Waals surface area contributed by atoms with Gasteiger partial charge in [-0.2, -0.15) is 0 Å². The number of amides is 1. The van der Waals surface area contributed by atoms with E-state index >= 15 is 0 Å². The molecule has 1 amide bonds. The molecular formula is C21H24ClNO4. The number of carbonyl (C=O) groups is 2. The van der Waals surface area contributed by atoms with Crippen LogP contribution in [0.15, 0.2) is 48.5 Å². The molecule has 27 heavy (non-hydrogen) atoms. The largest absolute Gasteiger partial charge is 0.491 e. The van der Waals surface area contributed by atoms with Crippen LogP contribution in [0, 0.1) is 0 Å². The van der Waals surface area contributed by atoms with E-state index in [4.69, 9.17) is 21.1 Å². The molecule has 5 nitrogen and oxygen atoms in total. The van der Waals surface area contributed by atoms with Crippen molar-refractivity contribution >= 4 is 24.0 Å². The summed E-state index contributed by atoms with van der Waals surface area (Å²) in [5.74, 6) is 0.523. The minimum Gasteiger partial charge on any atom is -0.491 e. The normalized spacial score (nSPS) is 12.1. The van der Waals surface area contributed by atoms with Gasteiger partial charge >= 0.3 is 6.09 Å². The Hall–Kier alpha value is -2.53. The van der Waals surface area contributed by atoms with Gasteiger partial charge in [0.2, 0.25) is 0 Å². The Kier molecular flexibility index (Phi) is 7.25. The van der Waals surface area contributed by atoms with Gasteiger partial charge in [-0.05, 0) is 51.0 Å². The molecule has 0 saturated heterocycles. The smallest absolute Gasteiger partial charge is 0.408 e. The molecule has 0 aromatic heterocycles. The fraction of sp³-hybridized carbons (Fsp3) is 0.333. The summed E-state index contributed by atoms with van der Waals surface area (Å²) in [7, 11) is 0. The summed E-state index contributed by atoms with van der Waals surface area (Å²) in [4.78, 5) is 23.0. The lowest BCUT2D eigenvalue weighted by Crippen LogP contribution is -2.43. The van der Waals surface area contributed by atoms with Gasteiger partial charge in [0.05, 0.1) is 11.1 Å². The predicted octanol–water partition coefficient (Wildman–Crippen LogP) is 4.67. The maximum atomic E-state index is 12.2. The summed E-state index contributed by atoms with van der Waals surface area (Å²) in [6.07, 6.45) is 0.774. The second-order valence-electron chi connectivity index (χ2n) is 7.15. The van der Waals surface area contributed by atoms with Gasteiger partial charge in [0.1, 0.15) is 18.0 Å². The van der Waals surface area contributed by atoms with Crippen LogP contribution < -0.4 is 10.1 Å². The monoisotopic (exact) mass is 389 g/mol. The van der Waals surface area contributed by atoms with E-state index in [2.05, 4.69) is 5.32 Å². The number of nitrogens with one attached hydrogen (secondary N) is 1. The fourth-order valence-corrected chi connectivity index (χ4v) is 2.63. The molecule has 2 aromatic carbocycles. The summed E-state index contributed by atoms with van der Waals surface area (Å²) in [6.45, 7) is 5.66. The third-order valence-corrected chi connectivity index (χ3v) is 3.92. The van der Waals surface area contributed by atoms with Gasteiger partial charge in [-0.1, -0.05) is 41.9 Å². The van der Waals surface area contributed by atoms with Crippen molar-refractivity contribution in [2.45, 2.75) is 38.8 Å². The van der Waals surface area contributed by atoms with Crippen molar-refractivity contribution in [2.75, 3.05) is 6.61 Å². The number of ether oxygens (including phenoxy) is 2. The molecule has 0 fully saturated rings. The van der Waals surface area contributed by atoms with Crippen LogP contribution in [0.3, 0.4) is 0 Å². The second-order valence-corrected chi connectivity index (χ2v) is 7.55. The summed E-state index contributed by atoms with van der Waals surface area (Å²) in [5, 5.41) is 3.18. The lowest BCUT2D eigenvalue weighted by atomic mass is 10.1. The fourth-order valence-electron chi connectivity index (χ4n) is 2.41. The van der Waals surface area contributed by atoms with E-state index in [1.807, 2.05) is 51.1 Å². The highest BCUT2D eigenvalue weighted by Gasteiger charge is 2.20. The number of carbonyl (C=O) groups excluding carboxylic acids is 2. The van der Waals surface area contributed by atoms with Crippen molar-refractivity contribution in [3.05, 3.63) is 64.7 Å². The first-order chi connectivity index (χ1) is 12.8. The quantitative estimate of drug-likeness (QED) is 0.699. The average Bonchev–Trinajstić information content (AvgIpc) is 2.59. The molecule has 0 radical (unpaired) electrons. The molecule has 0 saturated carbocycles. The van der Waals surface area contributed by atoms with E-state index in [1.54, 1.807) is 18.2 Å². The lowest BCUT2D eigenvalue weighted by molar-refractivity contribution is 0.0487. The van der Waals surface area contributed by atoms with Crippen LogP contribution in [0.2, 0.25) is 5.02 Å². The van der Waals surface area contributed by atoms with E-state index < -0.39 is 11.7 Å². The molecule has 0 aliphatic carbocycles. The molecule has 0 bridgehead atoms. The van der Waals surface area contributed by atoms with E-state index in [0.717, 1.165) is 5.56 Å². The van der Waals surface area contributed by atoms with Crippen molar-refractivity contribution in [3.63, 3.8) is 0 Å². The van der Waals surface area contributed by atoms with Gasteiger partial charge in [-0.25, -0.2) is 4.79 Å². The molecule has 6 heteroatoms. The lowest BCUT2D eigenvalue weighted by Gasteiger charge is -2.24. The first-order valence-corrected chi connectivity index (χ1v) is 9.05. The summed E-state index contributed by atoms with van der Waals surface area (Å²) in [5.41, 5.74) is 0.883. The second kappa shape index (κ2) is 9.42. The van der Waals surface area contributed by atoms with Crippen LogP contribution in [-0.2, 0) is 11.2 Å². The van der Waals surface area contributed by atoms with Gasteiger partial charge in [0.25, 0.3) is 0 Å². The van der Waals surface area contributed by atoms with E-state index in [9.17, 15) is 9.59 Å². The molecular weight excluding hydrogens is 366 g/mol. The zero-order valence-electron chi connectivity index (χ0n) is 15.7. The highest BCUT2D eigenvalue weighted by atomic mass is 35.5. The number of halogens is 1. The highest BCUT2D eigenvalue weighted by Crippen LogP contribution is 2.21. The van der Waals surface area contributed by atoms with Crippen molar-refractivity contribution < 1.29 is 19.1 Å². The minimum atomic E-state index is -0.583. The molecule has 1 atom stereocenters. The minimum absolute atomic E-state index is 0.227. The molecule has 0 spiro atoms. The van der Waals surface area contributed by atoms with Gasteiger partial charge < -0.3 is 14.8 Å². The molecule has 0 unspecified atom stereocenters. The SMILES string of the molecule is CC(C)(C)OC(=O)N[C@H](COc1ccc(C=O)c(Cl)c1)Cc1ccccc1. The summed E-state index contributed by atoms with van der Waals surface area (Å²) in [6, 6.07) is 14.3. The first kappa shape index (κ1) is 20.8. The highest BCUT2D eigenvalue weighted by molar-refractivity contribution is 6.33. The zero-order valence-corrected chi connectivity index (χ0v) is 16.5. The van der Waals surface area contributed by atoms with Crippen LogP contribution in [-0.4, -0.2) is 30.6 Å².